The van der Waals surface area contributed by atoms with Crippen molar-refractivity contribution in [1.82, 2.24) is 9.78 Å². The fraction of sp³-hybridized carbons (Fsp3) is 0.105. The zero-order valence-corrected chi connectivity index (χ0v) is 14.4. The summed E-state index contributed by atoms with van der Waals surface area (Å²) in [7, 11) is 0. The number of hydrogen-bond acceptors (Lipinski definition) is 4. The summed E-state index contributed by atoms with van der Waals surface area (Å²) in [4.78, 5) is 24.1. The molecule has 1 aromatic heterocycles. The molecule has 1 heterocycles. The third-order valence-corrected chi connectivity index (χ3v) is 4.62. The third-order valence-electron chi connectivity index (χ3n) is 3.69. The minimum absolute atomic E-state index is 0.165. The highest BCUT2D eigenvalue weighted by Gasteiger charge is 2.07. The van der Waals surface area contributed by atoms with Gasteiger partial charge in [0.15, 0.2) is 0 Å². The number of rotatable bonds is 5. The second-order valence-corrected chi connectivity index (χ2v) is 6.47. The van der Waals surface area contributed by atoms with Crippen LogP contribution in [-0.4, -0.2) is 20.9 Å². The minimum atomic E-state index is -1.01. The molecular weight excluding hydrogens is 336 g/mol. The zero-order chi connectivity index (χ0) is 17.8. The van der Waals surface area contributed by atoms with E-state index >= 15 is 0 Å². The summed E-state index contributed by atoms with van der Waals surface area (Å²) < 4.78 is 1.27. The van der Waals surface area contributed by atoms with Crippen LogP contribution in [0.15, 0.2) is 75.4 Å². The summed E-state index contributed by atoms with van der Waals surface area (Å²) in [6.45, 7) is 2.11. The van der Waals surface area contributed by atoms with E-state index in [-0.39, 0.29) is 11.1 Å². The topological polar surface area (TPSA) is 72.2 Å². The quantitative estimate of drug-likeness (QED) is 0.759. The molecule has 0 saturated heterocycles. The molecule has 1 N–H and O–H groups in total. The zero-order valence-electron chi connectivity index (χ0n) is 13.5. The van der Waals surface area contributed by atoms with Gasteiger partial charge in [0.2, 0.25) is 0 Å². The highest BCUT2D eigenvalue weighted by Crippen LogP contribution is 2.25. The average Bonchev–Trinajstić information content (AvgIpc) is 2.64. The monoisotopic (exact) mass is 352 g/mol. The summed E-state index contributed by atoms with van der Waals surface area (Å²) >= 11 is 1.47. The van der Waals surface area contributed by atoms with Gasteiger partial charge < -0.3 is 5.11 Å². The van der Waals surface area contributed by atoms with Gasteiger partial charge in [-0.2, -0.15) is 9.78 Å². The second-order valence-electron chi connectivity index (χ2n) is 5.37. The molecule has 126 valence electrons. The van der Waals surface area contributed by atoms with E-state index in [1.54, 1.807) is 18.2 Å². The Kier molecular flexibility index (Phi) is 5.00. The number of carbonyl (C=O) groups is 1. The highest BCUT2D eigenvalue weighted by molar-refractivity contribution is 7.99. The highest BCUT2D eigenvalue weighted by atomic mass is 32.2. The minimum Gasteiger partial charge on any atom is -0.478 e. The molecule has 6 heteroatoms. The first-order valence-corrected chi connectivity index (χ1v) is 8.59. The van der Waals surface area contributed by atoms with Gasteiger partial charge in [-0.3, -0.25) is 4.79 Å². The molecule has 0 aliphatic carbocycles. The number of benzene rings is 2. The van der Waals surface area contributed by atoms with E-state index in [1.807, 2.05) is 12.1 Å². The first-order chi connectivity index (χ1) is 12.1. The maximum atomic E-state index is 12.1. The normalized spacial score (nSPS) is 10.6. The van der Waals surface area contributed by atoms with Crippen molar-refractivity contribution in [2.75, 3.05) is 0 Å². The van der Waals surface area contributed by atoms with Crippen molar-refractivity contribution in [3.8, 4) is 5.69 Å². The fourth-order valence-corrected chi connectivity index (χ4v) is 3.07. The van der Waals surface area contributed by atoms with Gasteiger partial charge in [-0.25, -0.2) is 4.79 Å². The van der Waals surface area contributed by atoms with E-state index in [4.69, 9.17) is 5.11 Å². The lowest BCUT2D eigenvalue weighted by molar-refractivity contribution is 0.0697. The van der Waals surface area contributed by atoms with E-state index in [1.165, 1.54) is 40.2 Å². The number of carboxylic acids is 1. The van der Waals surface area contributed by atoms with Gasteiger partial charge in [-0.1, -0.05) is 30.8 Å². The Balaban J connectivity index is 1.89. The SMILES string of the molecule is CCc1ccc(Sc2ccc(=O)n(-c3ccc(C(=O)O)cc3)n2)cc1. The molecule has 0 amide bonds. The van der Waals surface area contributed by atoms with E-state index < -0.39 is 5.97 Å². The summed E-state index contributed by atoms with van der Waals surface area (Å²) in [5.41, 5.74) is 1.69. The Morgan fingerprint density at radius 2 is 1.72 bits per heavy atom. The Morgan fingerprint density at radius 3 is 2.32 bits per heavy atom. The van der Waals surface area contributed by atoms with Crippen molar-refractivity contribution in [1.29, 1.82) is 0 Å². The van der Waals surface area contributed by atoms with E-state index in [9.17, 15) is 9.59 Å². The van der Waals surface area contributed by atoms with Crippen molar-refractivity contribution in [2.24, 2.45) is 0 Å². The summed E-state index contributed by atoms with van der Waals surface area (Å²) in [6.07, 6.45) is 0.987. The molecule has 0 bridgehead atoms. The van der Waals surface area contributed by atoms with Crippen molar-refractivity contribution in [2.45, 2.75) is 23.3 Å². The summed E-state index contributed by atoms with van der Waals surface area (Å²) in [5.74, 6) is -1.01. The van der Waals surface area contributed by atoms with Gasteiger partial charge in [0, 0.05) is 11.0 Å². The van der Waals surface area contributed by atoms with Crippen LogP contribution in [0.4, 0.5) is 0 Å². The van der Waals surface area contributed by atoms with E-state index in [0.29, 0.717) is 10.7 Å². The molecule has 0 fully saturated rings. The Hall–Kier alpha value is -2.86. The van der Waals surface area contributed by atoms with Crippen LogP contribution >= 0.6 is 11.8 Å². The number of aromatic nitrogens is 2. The first-order valence-electron chi connectivity index (χ1n) is 7.78. The van der Waals surface area contributed by atoms with Crippen molar-refractivity contribution >= 4 is 17.7 Å². The predicted molar refractivity (Wildman–Crippen MR) is 96.7 cm³/mol. The van der Waals surface area contributed by atoms with Gasteiger partial charge in [0.1, 0.15) is 5.03 Å². The molecule has 0 aliphatic heterocycles. The van der Waals surface area contributed by atoms with Crippen LogP contribution < -0.4 is 5.56 Å². The van der Waals surface area contributed by atoms with Gasteiger partial charge in [0.25, 0.3) is 5.56 Å². The largest absolute Gasteiger partial charge is 0.478 e. The lowest BCUT2D eigenvalue weighted by Gasteiger charge is -2.07. The molecule has 3 aromatic rings. The van der Waals surface area contributed by atoms with Crippen LogP contribution in [0.25, 0.3) is 5.69 Å². The summed E-state index contributed by atoms with van der Waals surface area (Å²) in [6, 6.07) is 17.4. The molecule has 0 spiro atoms. The average molecular weight is 352 g/mol. The fourth-order valence-electron chi connectivity index (χ4n) is 2.29. The van der Waals surface area contributed by atoms with Crippen LogP contribution in [0.5, 0.6) is 0 Å². The molecule has 0 aliphatic rings. The Labute approximate surface area is 148 Å². The molecule has 0 saturated carbocycles. The number of hydrogen-bond donors (Lipinski definition) is 1. The van der Waals surface area contributed by atoms with Gasteiger partial charge in [-0.15, -0.1) is 0 Å². The molecule has 0 radical (unpaired) electrons. The van der Waals surface area contributed by atoms with Crippen LogP contribution in [0, 0.1) is 0 Å². The number of aromatic carboxylic acids is 1. The molecule has 3 rings (SSSR count). The maximum Gasteiger partial charge on any atom is 0.335 e. The smallest absolute Gasteiger partial charge is 0.335 e. The molecular formula is C19H16N2O3S. The van der Waals surface area contributed by atoms with Gasteiger partial charge in [0.05, 0.1) is 11.3 Å². The van der Waals surface area contributed by atoms with Crippen molar-refractivity contribution < 1.29 is 9.90 Å². The summed E-state index contributed by atoms with van der Waals surface area (Å²) in [5, 5.41) is 14.0. The van der Waals surface area contributed by atoms with E-state index in [0.717, 1.165) is 11.3 Å². The van der Waals surface area contributed by atoms with Crippen molar-refractivity contribution in [3.05, 3.63) is 82.1 Å². The lowest BCUT2D eigenvalue weighted by atomic mass is 10.2. The maximum absolute atomic E-state index is 12.1. The predicted octanol–water partition coefficient (Wildman–Crippen LogP) is 3.64. The standard InChI is InChI=1S/C19H16N2O3S/c1-2-13-3-9-16(10-4-13)25-17-11-12-18(22)21(20-17)15-7-5-14(6-8-15)19(23)24/h3-12H,2H2,1H3,(H,23,24). The molecule has 5 nitrogen and oxygen atoms in total. The molecule has 0 atom stereocenters. The first kappa shape index (κ1) is 17.0. The van der Waals surface area contributed by atoms with Crippen LogP contribution in [0.1, 0.15) is 22.8 Å². The molecule has 25 heavy (non-hydrogen) atoms. The van der Waals surface area contributed by atoms with Gasteiger partial charge in [-0.05, 0) is 54.4 Å². The molecule has 0 unspecified atom stereocenters. The molecule has 2 aromatic carbocycles. The van der Waals surface area contributed by atoms with E-state index in [2.05, 4.69) is 24.2 Å². The number of nitrogens with zero attached hydrogens (tertiary/aromatic N) is 2. The third kappa shape index (κ3) is 3.97. The lowest BCUT2D eigenvalue weighted by Crippen LogP contribution is -2.20. The Bertz CT molecular complexity index is 948. The van der Waals surface area contributed by atoms with Crippen LogP contribution in [-0.2, 0) is 6.42 Å². The van der Waals surface area contributed by atoms with Crippen LogP contribution in [0.3, 0.4) is 0 Å². The van der Waals surface area contributed by atoms with Crippen LogP contribution in [0.2, 0.25) is 0 Å². The Morgan fingerprint density at radius 1 is 1.04 bits per heavy atom. The number of carboxylic acid groups (broad SMARTS) is 1. The number of aryl methyl sites for hydroxylation is 1. The van der Waals surface area contributed by atoms with Gasteiger partial charge >= 0.3 is 5.97 Å². The second kappa shape index (κ2) is 7.36. The van der Waals surface area contributed by atoms with Crippen molar-refractivity contribution in [3.63, 3.8) is 0 Å².